The molecule has 6 nitrogen and oxygen atoms in total. The van der Waals surface area contributed by atoms with E-state index >= 15 is 0 Å². The van der Waals surface area contributed by atoms with Gasteiger partial charge in [-0.15, -0.1) is 0 Å². The van der Waals surface area contributed by atoms with Gasteiger partial charge in [-0.1, -0.05) is 12.1 Å². The highest BCUT2D eigenvalue weighted by Crippen LogP contribution is 2.17. The predicted octanol–water partition coefficient (Wildman–Crippen LogP) is 2.29. The quantitative estimate of drug-likeness (QED) is 0.763. The van der Waals surface area contributed by atoms with Crippen molar-refractivity contribution in [3.05, 3.63) is 53.5 Å². The molecule has 98 valence electrons. The third-order valence-electron chi connectivity index (χ3n) is 2.48. The number of anilines is 1. The maximum atomic E-state index is 11.0. The SMILES string of the molecule is O=C(O)c1ccc(CNc2ccccc2C(=O)O)o1. The van der Waals surface area contributed by atoms with Crippen LogP contribution >= 0.6 is 0 Å². The monoisotopic (exact) mass is 261 g/mol. The number of carbonyl (C=O) groups is 2. The van der Waals surface area contributed by atoms with Crippen LogP contribution in [0.2, 0.25) is 0 Å². The molecule has 0 saturated carbocycles. The molecule has 0 aliphatic heterocycles. The Morgan fingerprint density at radius 1 is 1.05 bits per heavy atom. The Balaban J connectivity index is 2.10. The summed E-state index contributed by atoms with van der Waals surface area (Å²) in [5.74, 6) is -1.91. The number of nitrogens with one attached hydrogen (secondary N) is 1. The van der Waals surface area contributed by atoms with Gasteiger partial charge in [0.1, 0.15) is 5.76 Å². The number of hydrogen-bond donors (Lipinski definition) is 3. The zero-order valence-corrected chi connectivity index (χ0v) is 9.79. The first-order chi connectivity index (χ1) is 9.08. The lowest BCUT2D eigenvalue weighted by Gasteiger charge is -2.07. The summed E-state index contributed by atoms with van der Waals surface area (Å²) in [7, 11) is 0. The second-order valence-electron chi connectivity index (χ2n) is 3.78. The average molecular weight is 261 g/mol. The van der Waals surface area contributed by atoms with Crippen LogP contribution in [0.15, 0.2) is 40.8 Å². The van der Waals surface area contributed by atoms with Gasteiger partial charge in [0.15, 0.2) is 0 Å². The van der Waals surface area contributed by atoms with Gasteiger partial charge in [-0.3, -0.25) is 0 Å². The molecule has 0 atom stereocenters. The van der Waals surface area contributed by atoms with Crippen LogP contribution in [0.4, 0.5) is 5.69 Å². The third kappa shape index (κ3) is 2.92. The Morgan fingerprint density at radius 2 is 1.79 bits per heavy atom. The molecule has 0 fully saturated rings. The van der Waals surface area contributed by atoms with E-state index in [-0.39, 0.29) is 17.9 Å². The van der Waals surface area contributed by atoms with E-state index in [9.17, 15) is 9.59 Å². The van der Waals surface area contributed by atoms with E-state index in [1.54, 1.807) is 18.2 Å². The molecule has 0 saturated heterocycles. The van der Waals surface area contributed by atoms with Crippen molar-refractivity contribution in [1.82, 2.24) is 0 Å². The van der Waals surface area contributed by atoms with E-state index in [1.807, 2.05) is 0 Å². The molecule has 0 aliphatic rings. The highest BCUT2D eigenvalue weighted by Gasteiger charge is 2.11. The summed E-state index contributed by atoms with van der Waals surface area (Å²) in [5.41, 5.74) is 0.593. The Kier molecular flexibility index (Phi) is 3.51. The van der Waals surface area contributed by atoms with E-state index in [1.165, 1.54) is 18.2 Å². The van der Waals surface area contributed by atoms with Crippen LogP contribution in [-0.4, -0.2) is 22.2 Å². The van der Waals surface area contributed by atoms with Crippen molar-refractivity contribution >= 4 is 17.6 Å². The Labute approximate surface area is 108 Å². The zero-order chi connectivity index (χ0) is 13.8. The minimum Gasteiger partial charge on any atom is -0.478 e. The number of aromatic carboxylic acids is 2. The molecule has 3 N–H and O–H groups in total. The lowest BCUT2D eigenvalue weighted by atomic mass is 10.2. The highest BCUT2D eigenvalue weighted by atomic mass is 16.4. The van der Waals surface area contributed by atoms with Crippen LogP contribution in [0, 0.1) is 0 Å². The van der Waals surface area contributed by atoms with Crippen molar-refractivity contribution in [3.63, 3.8) is 0 Å². The third-order valence-corrected chi connectivity index (χ3v) is 2.48. The second kappa shape index (κ2) is 5.26. The Morgan fingerprint density at radius 3 is 2.42 bits per heavy atom. The van der Waals surface area contributed by atoms with E-state index in [0.29, 0.717) is 11.4 Å². The number of para-hydroxylation sites is 1. The van der Waals surface area contributed by atoms with Crippen molar-refractivity contribution in [2.45, 2.75) is 6.54 Å². The van der Waals surface area contributed by atoms with Gasteiger partial charge in [-0.25, -0.2) is 9.59 Å². The fourth-order valence-corrected chi connectivity index (χ4v) is 1.59. The lowest BCUT2D eigenvalue weighted by Crippen LogP contribution is -2.05. The lowest BCUT2D eigenvalue weighted by molar-refractivity contribution is 0.0658. The molecule has 6 heteroatoms. The largest absolute Gasteiger partial charge is 0.478 e. The molecule has 2 rings (SSSR count). The summed E-state index contributed by atoms with van der Waals surface area (Å²) in [4.78, 5) is 21.6. The second-order valence-corrected chi connectivity index (χ2v) is 3.78. The van der Waals surface area contributed by atoms with Crippen molar-refractivity contribution in [1.29, 1.82) is 0 Å². The molecular weight excluding hydrogens is 250 g/mol. The molecule has 0 radical (unpaired) electrons. The zero-order valence-electron chi connectivity index (χ0n) is 9.79. The van der Waals surface area contributed by atoms with Gasteiger partial charge in [0.2, 0.25) is 5.76 Å². The molecule has 0 aliphatic carbocycles. The summed E-state index contributed by atoms with van der Waals surface area (Å²) in [6, 6.07) is 9.33. The highest BCUT2D eigenvalue weighted by molar-refractivity contribution is 5.94. The molecule has 1 aromatic heterocycles. The van der Waals surface area contributed by atoms with Crippen LogP contribution in [0.25, 0.3) is 0 Å². The fourth-order valence-electron chi connectivity index (χ4n) is 1.59. The number of carboxylic acids is 2. The number of rotatable bonds is 5. The normalized spacial score (nSPS) is 10.1. The topological polar surface area (TPSA) is 99.8 Å². The summed E-state index contributed by atoms with van der Waals surface area (Å²) < 4.78 is 5.06. The molecule has 0 bridgehead atoms. The number of hydrogen-bond acceptors (Lipinski definition) is 4. The number of carboxylic acid groups (broad SMARTS) is 2. The maximum Gasteiger partial charge on any atom is 0.371 e. The van der Waals surface area contributed by atoms with Crippen molar-refractivity contribution < 1.29 is 24.2 Å². The molecule has 0 unspecified atom stereocenters. The average Bonchev–Trinajstić information content (AvgIpc) is 2.85. The van der Waals surface area contributed by atoms with E-state index in [0.717, 1.165) is 0 Å². The minimum absolute atomic E-state index is 0.146. The van der Waals surface area contributed by atoms with Gasteiger partial charge >= 0.3 is 11.9 Å². The standard InChI is InChI=1S/C13H11NO5/c15-12(16)9-3-1-2-4-10(9)14-7-8-5-6-11(19-8)13(17)18/h1-6,14H,7H2,(H,15,16)(H,17,18). The Bertz CT molecular complexity index is 617. The van der Waals surface area contributed by atoms with E-state index < -0.39 is 11.9 Å². The van der Waals surface area contributed by atoms with Crippen molar-refractivity contribution in [2.75, 3.05) is 5.32 Å². The molecule has 19 heavy (non-hydrogen) atoms. The molecule has 0 amide bonds. The first-order valence-corrected chi connectivity index (χ1v) is 5.46. The maximum absolute atomic E-state index is 11.0. The molecule has 1 aromatic carbocycles. The molecule has 1 heterocycles. The van der Waals surface area contributed by atoms with Crippen LogP contribution in [0.1, 0.15) is 26.7 Å². The summed E-state index contributed by atoms with van der Waals surface area (Å²) in [5, 5.41) is 20.6. The van der Waals surface area contributed by atoms with Crippen LogP contribution in [-0.2, 0) is 6.54 Å². The van der Waals surface area contributed by atoms with Crippen molar-refractivity contribution in [2.24, 2.45) is 0 Å². The fraction of sp³-hybridized carbons (Fsp3) is 0.0769. The molecule has 2 aromatic rings. The first-order valence-electron chi connectivity index (χ1n) is 5.46. The van der Waals surface area contributed by atoms with Gasteiger partial charge in [0.25, 0.3) is 0 Å². The summed E-state index contributed by atoms with van der Waals surface area (Å²) in [6.07, 6.45) is 0. The van der Waals surface area contributed by atoms with Gasteiger partial charge in [-0.2, -0.15) is 0 Å². The van der Waals surface area contributed by atoms with E-state index in [4.69, 9.17) is 14.6 Å². The minimum atomic E-state index is -1.14. The first kappa shape index (κ1) is 12.7. The predicted molar refractivity (Wildman–Crippen MR) is 66.4 cm³/mol. The molecular formula is C13H11NO5. The smallest absolute Gasteiger partial charge is 0.371 e. The van der Waals surface area contributed by atoms with Gasteiger partial charge in [-0.05, 0) is 24.3 Å². The molecule has 0 spiro atoms. The Hall–Kier alpha value is -2.76. The number of furan rings is 1. The number of benzene rings is 1. The van der Waals surface area contributed by atoms with Gasteiger partial charge in [0, 0.05) is 5.69 Å². The van der Waals surface area contributed by atoms with Gasteiger partial charge < -0.3 is 19.9 Å². The summed E-state index contributed by atoms with van der Waals surface area (Å²) in [6.45, 7) is 0.206. The summed E-state index contributed by atoms with van der Waals surface area (Å²) >= 11 is 0. The van der Waals surface area contributed by atoms with Crippen LogP contribution in [0.3, 0.4) is 0 Å². The van der Waals surface area contributed by atoms with Crippen LogP contribution < -0.4 is 5.32 Å². The van der Waals surface area contributed by atoms with Crippen LogP contribution in [0.5, 0.6) is 0 Å². The van der Waals surface area contributed by atoms with Gasteiger partial charge in [0.05, 0.1) is 12.1 Å². The van der Waals surface area contributed by atoms with Crippen molar-refractivity contribution in [3.8, 4) is 0 Å². The van der Waals surface area contributed by atoms with E-state index in [2.05, 4.69) is 5.32 Å².